The SMILES string of the molecule is CN=C(NCc1ccc(-n2ccnc2C)nc1)N1CCC(=Cc2ccccc2)CC1. The Hall–Kier alpha value is -3.41. The van der Waals surface area contributed by atoms with E-state index in [-0.39, 0.29) is 0 Å². The van der Waals surface area contributed by atoms with Gasteiger partial charge in [-0.25, -0.2) is 9.97 Å². The Morgan fingerprint density at radius 2 is 1.90 bits per heavy atom. The molecule has 0 aliphatic carbocycles. The highest BCUT2D eigenvalue weighted by atomic mass is 15.3. The van der Waals surface area contributed by atoms with Crippen LogP contribution in [0.1, 0.15) is 29.8 Å². The van der Waals surface area contributed by atoms with Crippen molar-refractivity contribution in [2.45, 2.75) is 26.3 Å². The number of hydrogen-bond donors (Lipinski definition) is 1. The Balaban J connectivity index is 1.31. The second kappa shape index (κ2) is 9.39. The fraction of sp³-hybridized carbons (Fsp3) is 0.292. The Labute approximate surface area is 178 Å². The number of aromatic nitrogens is 3. The maximum absolute atomic E-state index is 4.57. The number of likely N-dealkylation sites (tertiary alicyclic amines) is 1. The molecule has 0 bridgehead atoms. The van der Waals surface area contributed by atoms with Gasteiger partial charge in [0.1, 0.15) is 11.6 Å². The van der Waals surface area contributed by atoms with E-state index in [2.05, 4.69) is 67.7 Å². The summed E-state index contributed by atoms with van der Waals surface area (Å²) in [5, 5.41) is 3.48. The first-order chi connectivity index (χ1) is 14.7. The van der Waals surface area contributed by atoms with Crippen LogP contribution >= 0.6 is 0 Å². The molecule has 0 radical (unpaired) electrons. The van der Waals surface area contributed by atoms with Crippen LogP contribution in [0.15, 0.2) is 71.6 Å². The molecular weight excluding hydrogens is 372 g/mol. The van der Waals surface area contributed by atoms with Crippen molar-refractivity contribution in [1.29, 1.82) is 0 Å². The zero-order valence-corrected chi connectivity index (χ0v) is 17.6. The molecule has 0 unspecified atom stereocenters. The Morgan fingerprint density at radius 1 is 1.10 bits per heavy atom. The lowest BCUT2D eigenvalue weighted by molar-refractivity contribution is 0.375. The molecule has 3 aromatic rings. The van der Waals surface area contributed by atoms with Gasteiger partial charge in [-0.05, 0) is 37.0 Å². The van der Waals surface area contributed by atoms with E-state index in [1.165, 1.54) is 11.1 Å². The minimum Gasteiger partial charge on any atom is -0.352 e. The minimum absolute atomic E-state index is 0.700. The van der Waals surface area contributed by atoms with E-state index < -0.39 is 0 Å². The van der Waals surface area contributed by atoms with Gasteiger partial charge < -0.3 is 10.2 Å². The van der Waals surface area contributed by atoms with Crippen LogP contribution in [0.2, 0.25) is 0 Å². The lowest BCUT2D eigenvalue weighted by Crippen LogP contribution is -2.44. The van der Waals surface area contributed by atoms with Crippen molar-refractivity contribution in [3.63, 3.8) is 0 Å². The zero-order valence-electron chi connectivity index (χ0n) is 17.6. The number of piperidine rings is 1. The van der Waals surface area contributed by atoms with E-state index in [0.717, 1.165) is 49.1 Å². The van der Waals surface area contributed by atoms with Gasteiger partial charge in [-0.3, -0.25) is 9.56 Å². The molecule has 0 spiro atoms. The summed E-state index contributed by atoms with van der Waals surface area (Å²) in [6, 6.07) is 14.7. The van der Waals surface area contributed by atoms with Crippen LogP contribution in [0.25, 0.3) is 11.9 Å². The largest absolute Gasteiger partial charge is 0.352 e. The molecule has 30 heavy (non-hydrogen) atoms. The Bertz CT molecular complexity index is 1010. The van der Waals surface area contributed by atoms with Gasteiger partial charge in [-0.2, -0.15) is 0 Å². The third kappa shape index (κ3) is 4.76. The van der Waals surface area contributed by atoms with Gasteiger partial charge in [0.2, 0.25) is 0 Å². The van der Waals surface area contributed by atoms with E-state index in [1.54, 1.807) is 6.20 Å². The molecule has 6 heteroatoms. The van der Waals surface area contributed by atoms with Gasteiger partial charge in [0.05, 0.1) is 0 Å². The van der Waals surface area contributed by atoms with Crippen LogP contribution in [0.4, 0.5) is 0 Å². The summed E-state index contributed by atoms with van der Waals surface area (Å²) in [6.45, 7) is 4.64. The summed E-state index contributed by atoms with van der Waals surface area (Å²) in [4.78, 5) is 15.6. The van der Waals surface area contributed by atoms with Crippen LogP contribution < -0.4 is 5.32 Å². The first kappa shape index (κ1) is 19.9. The maximum Gasteiger partial charge on any atom is 0.193 e. The van der Waals surface area contributed by atoms with E-state index in [1.807, 2.05) is 37.0 Å². The highest BCUT2D eigenvalue weighted by Crippen LogP contribution is 2.19. The number of hydrogen-bond acceptors (Lipinski definition) is 3. The van der Waals surface area contributed by atoms with Gasteiger partial charge in [0, 0.05) is 45.3 Å². The molecule has 4 rings (SSSR count). The van der Waals surface area contributed by atoms with Gasteiger partial charge in [-0.1, -0.05) is 48.0 Å². The summed E-state index contributed by atoms with van der Waals surface area (Å²) < 4.78 is 1.98. The molecule has 1 N–H and O–H groups in total. The predicted octanol–water partition coefficient (Wildman–Crippen LogP) is 3.83. The van der Waals surface area contributed by atoms with E-state index in [4.69, 9.17) is 0 Å². The molecular formula is C24H28N6. The number of aliphatic imine (C=N–C) groups is 1. The molecule has 154 valence electrons. The van der Waals surface area contributed by atoms with Crippen molar-refractivity contribution in [2.75, 3.05) is 20.1 Å². The van der Waals surface area contributed by atoms with Gasteiger partial charge in [0.15, 0.2) is 5.96 Å². The zero-order chi connectivity index (χ0) is 20.8. The van der Waals surface area contributed by atoms with Crippen LogP contribution in [-0.4, -0.2) is 45.5 Å². The lowest BCUT2D eigenvalue weighted by Gasteiger charge is -2.31. The van der Waals surface area contributed by atoms with Crippen molar-refractivity contribution in [3.8, 4) is 5.82 Å². The molecule has 0 saturated carbocycles. The number of imidazole rings is 1. The van der Waals surface area contributed by atoms with Gasteiger partial charge >= 0.3 is 0 Å². The lowest BCUT2D eigenvalue weighted by atomic mass is 10.0. The fourth-order valence-electron chi connectivity index (χ4n) is 3.73. The molecule has 0 amide bonds. The molecule has 6 nitrogen and oxygen atoms in total. The first-order valence-corrected chi connectivity index (χ1v) is 10.4. The monoisotopic (exact) mass is 400 g/mol. The van der Waals surface area contributed by atoms with Crippen molar-refractivity contribution in [1.82, 2.24) is 24.8 Å². The third-order valence-corrected chi connectivity index (χ3v) is 5.42. The number of aryl methyl sites for hydroxylation is 1. The highest BCUT2D eigenvalue weighted by Gasteiger charge is 2.17. The van der Waals surface area contributed by atoms with Crippen LogP contribution in [0, 0.1) is 6.92 Å². The number of nitrogens with one attached hydrogen (secondary N) is 1. The molecule has 1 saturated heterocycles. The van der Waals surface area contributed by atoms with Gasteiger partial charge in [0.25, 0.3) is 0 Å². The van der Waals surface area contributed by atoms with Crippen molar-refractivity contribution >= 4 is 12.0 Å². The second-order valence-corrected chi connectivity index (χ2v) is 7.47. The van der Waals surface area contributed by atoms with Crippen molar-refractivity contribution in [3.05, 3.63) is 83.6 Å². The summed E-state index contributed by atoms with van der Waals surface area (Å²) in [7, 11) is 1.85. The molecule has 1 fully saturated rings. The van der Waals surface area contributed by atoms with Crippen LogP contribution in [-0.2, 0) is 6.54 Å². The number of pyridine rings is 1. The molecule has 2 aromatic heterocycles. The molecule has 0 atom stereocenters. The standard InChI is InChI=1S/C24H28N6/c1-19-26-12-15-30(19)23-9-8-22(17-27-23)18-28-24(25-2)29-13-10-21(11-14-29)16-20-6-4-3-5-7-20/h3-9,12,15-17H,10-11,13-14,18H2,1-2H3,(H,25,28). The smallest absolute Gasteiger partial charge is 0.193 e. The molecule has 1 aliphatic rings. The molecule has 1 aromatic carbocycles. The third-order valence-electron chi connectivity index (χ3n) is 5.42. The predicted molar refractivity (Wildman–Crippen MR) is 122 cm³/mol. The quantitative estimate of drug-likeness (QED) is 0.534. The second-order valence-electron chi connectivity index (χ2n) is 7.47. The average Bonchev–Trinajstić information content (AvgIpc) is 3.22. The first-order valence-electron chi connectivity index (χ1n) is 10.4. The fourth-order valence-corrected chi connectivity index (χ4v) is 3.73. The average molecular weight is 401 g/mol. The normalized spacial score (nSPS) is 14.7. The summed E-state index contributed by atoms with van der Waals surface area (Å²) in [5.41, 5.74) is 3.91. The van der Waals surface area contributed by atoms with E-state index >= 15 is 0 Å². The van der Waals surface area contributed by atoms with Gasteiger partial charge in [-0.15, -0.1) is 0 Å². The summed E-state index contributed by atoms with van der Waals surface area (Å²) in [5.74, 6) is 2.76. The summed E-state index contributed by atoms with van der Waals surface area (Å²) >= 11 is 0. The summed E-state index contributed by atoms with van der Waals surface area (Å²) in [6.07, 6.45) is 10.1. The number of guanidine groups is 1. The number of benzene rings is 1. The molecule has 3 heterocycles. The van der Waals surface area contributed by atoms with E-state index in [0.29, 0.717) is 6.54 Å². The van der Waals surface area contributed by atoms with Crippen molar-refractivity contribution < 1.29 is 0 Å². The molecule has 1 aliphatic heterocycles. The van der Waals surface area contributed by atoms with Crippen molar-refractivity contribution in [2.24, 2.45) is 4.99 Å². The van der Waals surface area contributed by atoms with Crippen LogP contribution in [0.5, 0.6) is 0 Å². The van der Waals surface area contributed by atoms with Crippen LogP contribution in [0.3, 0.4) is 0 Å². The number of rotatable bonds is 4. The highest BCUT2D eigenvalue weighted by molar-refractivity contribution is 5.80. The minimum atomic E-state index is 0.700. The maximum atomic E-state index is 4.57. The Kier molecular flexibility index (Phi) is 6.23. The Morgan fingerprint density at radius 3 is 2.53 bits per heavy atom. The number of nitrogens with zero attached hydrogens (tertiary/aromatic N) is 5. The van der Waals surface area contributed by atoms with E-state index in [9.17, 15) is 0 Å². The topological polar surface area (TPSA) is 58.3 Å².